The van der Waals surface area contributed by atoms with Crippen LogP contribution in [-0.2, 0) is 5.54 Å². The number of hydrogen-bond acceptors (Lipinski definition) is 4. The zero-order chi connectivity index (χ0) is 10.6. The second-order valence-electron chi connectivity index (χ2n) is 4.43. The van der Waals surface area contributed by atoms with E-state index in [1.165, 1.54) is 6.07 Å². The molecule has 1 fully saturated rings. The smallest absolute Gasteiger partial charge is 0.342 e. The van der Waals surface area contributed by atoms with Gasteiger partial charge in [-0.25, -0.2) is 0 Å². The first kappa shape index (κ1) is 9.14. The van der Waals surface area contributed by atoms with E-state index in [2.05, 4.69) is 10.2 Å². The first-order valence-corrected chi connectivity index (χ1v) is 4.36. The summed E-state index contributed by atoms with van der Waals surface area (Å²) in [6.07, 6.45) is 0.808. The van der Waals surface area contributed by atoms with Gasteiger partial charge in [-0.1, -0.05) is 18.9 Å². The van der Waals surface area contributed by atoms with E-state index < -0.39 is 10.5 Å². The van der Waals surface area contributed by atoms with Crippen LogP contribution in [0.2, 0.25) is 0 Å². The maximum absolute atomic E-state index is 10.4. The lowest BCUT2D eigenvalue weighted by Crippen LogP contribution is -2.25. The summed E-state index contributed by atoms with van der Waals surface area (Å²) in [5, 5.41) is 16.7. The molecular weight excluding hydrogens is 184 g/mol. The van der Waals surface area contributed by atoms with Crippen molar-refractivity contribution in [3.63, 3.8) is 0 Å². The molecule has 2 rings (SSSR count). The van der Waals surface area contributed by atoms with Crippen LogP contribution in [0.15, 0.2) is 6.07 Å². The second kappa shape index (κ2) is 2.33. The monoisotopic (exact) mass is 196 g/mol. The van der Waals surface area contributed by atoms with Crippen molar-refractivity contribution in [1.82, 2.24) is 10.2 Å². The Morgan fingerprint density at radius 3 is 2.64 bits per heavy atom. The van der Waals surface area contributed by atoms with Crippen LogP contribution in [0.4, 0.5) is 5.82 Å². The molecule has 6 heteroatoms. The van der Waals surface area contributed by atoms with Gasteiger partial charge in [0.05, 0.1) is 11.6 Å². The molecule has 0 bridgehead atoms. The van der Waals surface area contributed by atoms with Crippen molar-refractivity contribution in [3.05, 3.63) is 21.9 Å². The molecule has 0 aromatic carbocycles. The van der Waals surface area contributed by atoms with Gasteiger partial charge in [0.15, 0.2) is 0 Å². The van der Waals surface area contributed by atoms with E-state index >= 15 is 0 Å². The number of aromatic amines is 1. The summed E-state index contributed by atoms with van der Waals surface area (Å²) in [4.78, 5) is 9.91. The van der Waals surface area contributed by atoms with Crippen molar-refractivity contribution in [2.45, 2.75) is 25.8 Å². The Morgan fingerprint density at radius 2 is 2.29 bits per heavy atom. The molecule has 6 nitrogen and oxygen atoms in total. The quantitative estimate of drug-likeness (QED) is 0.542. The molecule has 76 valence electrons. The van der Waals surface area contributed by atoms with Crippen LogP contribution in [0.5, 0.6) is 0 Å². The van der Waals surface area contributed by atoms with Crippen LogP contribution in [0.1, 0.15) is 26.0 Å². The Balaban J connectivity index is 2.32. The molecule has 0 amide bonds. The van der Waals surface area contributed by atoms with Crippen LogP contribution in [0, 0.1) is 15.5 Å². The van der Waals surface area contributed by atoms with Gasteiger partial charge in [-0.05, 0) is 16.8 Å². The third-order valence-electron chi connectivity index (χ3n) is 3.02. The average Bonchev–Trinajstić information content (AvgIpc) is 2.53. The van der Waals surface area contributed by atoms with Crippen molar-refractivity contribution in [3.8, 4) is 0 Å². The maximum atomic E-state index is 10.4. The number of H-pyrrole nitrogens is 1. The van der Waals surface area contributed by atoms with Gasteiger partial charge in [0.1, 0.15) is 5.69 Å². The highest BCUT2D eigenvalue weighted by molar-refractivity contribution is 5.34. The molecular formula is C8H12N4O2. The number of nitrogens with one attached hydrogen (secondary N) is 1. The molecule has 1 aromatic heterocycles. The van der Waals surface area contributed by atoms with E-state index in [0.717, 1.165) is 6.42 Å². The SMILES string of the molecule is CC1(C)CC1(N)c1cc([N+](=O)[O-])[nH]n1. The molecule has 14 heavy (non-hydrogen) atoms. The van der Waals surface area contributed by atoms with Crippen molar-refractivity contribution in [2.75, 3.05) is 0 Å². The molecule has 1 aliphatic rings. The Hall–Kier alpha value is -1.43. The topological polar surface area (TPSA) is 97.8 Å². The lowest BCUT2D eigenvalue weighted by molar-refractivity contribution is -0.389. The molecule has 1 aromatic rings. The number of rotatable bonds is 2. The fourth-order valence-electron chi connectivity index (χ4n) is 1.72. The van der Waals surface area contributed by atoms with Gasteiger partial charge >= 0.3 is 5.82 Å². The predicted molar refractivity (Wildman–Crippen MR) is 49.5 cm³/mol. The van der Waals surface area contributed by atoms with E-state index in [-0.39, 0.29) is 11.2 Å². The van der Waals surface area contributed by atoms with Crippen LogP contribution in [0.25, 0.3) is 0 Å². The molecule has 1 aliphatic carbocycles. The van der Waals surface area contributed by atoms with E-state index in [1.807, 2.05) is 13.8 Å². The Kier molecular flexibility index (Phi) is 1.52. The number of nitrogens with zero attached hydrogens (tertiary/aromatic N) is 2. The van der Waals surface area contributed by atoms with Gasteiger partial charge in [-0.2, -0.15) is 0 Å². The van der Waals surface area contributed by atoms with E-state index in [4.69, 9.17) is 5.73 Å². The van der Waals surface area contributed by atoms with Crippen LogP contribution in [-0.4, -0.2) is 15.1 Å². The minimum atomic E-state index is -0.505. The van der Waals surface area contributed by atoms with Crippen molar-refractivity contribution < 1.29 is 4.92 Å². The van der Waals surface area contributed by atoms with Crippen LogP contribution in [0.3, 0.4) is 0 Å². The Labute approximate surface area is 80.6 Å². The number of aromatic nitrogens is 2. The van der Waals surface area contributed by atoms with Crippen molar-refractivity contribution in [1.29, 1.82) is 0 Å². The van der Waals surface area contributed by atoms with Crippen molar-refractivity contribution >= 4 is 5.82 Å². The van der Waals surface area contributed by atoms with Crippen LogP contribution >= 0.6 is 0 Å². The summed E-state index contributed by atoms with van der Waals surface area (Å²) < 4.78 is 0. The molecule has 0 spiro atoms. The Morgan fingerprint density at radius 1 is 1.71 bits per heavy atom. The predicted octanol–water partition coefficient (Wildman–Crippen LogP) is 0.902. The summed E-state index contributed by atoms with van der Waals surface area (Å²) >= 11 is 0. The molecule has 1 heterocycles. The third-order valence-corrected chi connectivity index (χ3v) is 3.02. The van der Waals surface area contributed by atoms with Gasteiger partial charge in [0.2, 0.25) is 0 Å². The first-order valence-electron chi connectivity index (χ1n) is 4.36. The highest BCUT2D eigenvalue weighted by atomic mass is 16.6. The molecule has 1 atom stereocenters. The largest absolute Gasteiger partial charge is 0.358 e. The van der Waals surface area contributed by atoms with Gasteiger partial charge < -0.3 is 15.8 Å². The number of hydrogen-bond donors (Lipinski definition) is 2. The van der Waals surface area contributed by atoms with Gasteiger partial charge in [-0.15, -0.1) is 5.10 Å². The fraction of sp³-hybridized carbons (Fsp3) is 0.625. The van der Waals surface area contributed by atoms with E-state index in [1.54, 1.807) is 0 Å². The van der Waals surface area contributed by atoms with Gasteiger partial charge in [0.25, 0.3) is 0 Å². The van der Waals surface area contributed by atoms with Gasteiger partial charge in [-0.3, -0.25) is 0 Å². The molecule has 0 saturated heterocycles. The maximum Gasteiger partial charge on any atom is 0.342 e. The zero-order valence-corrected chi connectivity index (χ0v) is 8.07. The van der Waals surface area contributed by atoms with Crippen LogP contribution < -0.4 is 5.73 Å². The average molecular weight is 196 g/mol. The lowest BCUT2D eigenvalue weighted by atomic mass is 10.0. The molecule has 0 aliphatic heterocycles. The highest BCUT2D eigenvalue weighted by Gasteiger charge is 2.61. The lowest BCUT2D eigenvalue weighted by Gasteiger charge is -2.09. The second-order valence-corrected chi connectivity index (χ2v) is 4.43. The number of nitrogens with two attached hydrogens (primary N) is 1. The minimum absolute atomic E-state index is 0.0178. The minimum Gasteiger partial charge on any atom is -0.358 e. The molecule has 3 N–H and O–H groups in total. The number of nitro groups is 1. The summed E-state index contributed by atoms with van der Waals surface area (Å²) in [7, 11) is 0. The summed E-state index contributed by atoms with van der Waals surface area (Å²) in [5.74, 6) is -0.104. The third kappa shape index (κ3) is 1.04. The van der Waals surface area contributed by atoms with Gasteiger partial charge in [0, 0.05) is 0 Å². The van der Waals surface area contributed by atoms with E-state index in [9.17, 15) is 10.1 Å². The Bertz CT molecular complexity index is 398. The highest BCUT2D eigenvalue weighted by Crippen LogP contribution is 2.59. The summed E-state index contributed by atoms with van der Waals surface area (Å²) in [6, 6.07) is 1.41. The van der Waals surface area contributed by atoms with E-state index in [0.29, 0.717) is 5.69 Å². The fourth-order valence-corrected chi connectivity index (χ4v) is 1.72. The summed E-state index contributed by atoms with van der Waals surface area (Å²) in [6.45, 7) is 4.04. The molecule has 1 saturated carbocycles. The van der Waals surface area contributed by atoms with Crippen molar-refractivity contribution in [2.24, 2.45) is 11.1 Å². The standard InChI is InChI=1S/C8H12N4O2/c1-7(2)4-8(7,9)5-3-6(11-10-5)12(13)14/h3H,4,9H2,1-2H3,(H,10,11). The molecule has 0 radical (unpaired) electrons. The first-order chi connectivity index (χ1) is 6.37. The normalized spacial score (nSPS) is 28.8. The zero-order valence-electron chi connectivity index (χ0n) is 8.07. The summed E-state index contributed by atoms with van der Waals surface area (Å²) in [5.41, 5.74) is 6.11. The molecule has 1 unspecified atom stereocenters.